The van der Waals surface area contributed by atoms with Crippen LogP contribution < -0.4 is 0 Å². The standard InChI is InChI=1S/C15H14N4OS2/c1-7-16-13-11(9-3-2-4-10(9)21-13)14(17-7)22-15-19-18-12(20-15)8-5-6-8/h8H,2-6H2,1H3. The van der Waals surface area contributed by atoms with Crippen LogP contribution in [-0.2, 0) is 12.8 Å². The number of hydrogen-bond acceptors (Lipinski definition) is 7. The summed E-state index contributed by atoms with van der Waals surface area (Å²) in [6.07, 6.45) is 5.88. The molecule has 0 amide bonds. The van der Waals surface area contributed by atoms with E-state index in [-0.39, 0.29) is 0 Å². The lowest BCUT2D eigenvalue weighted by atomic mass is 10.2. The van der Waals surface area contributed by atoms with Crippen LogP contribution in [0.2, 0.25) is 0 Å². The molecule has 0 N–H and O–H groups in total. The van der Waals surface area contributed by atoms with E-state index >= 15 is 0 Å². The predicted octanol–water partition coefficient (Wildman–Crippen LogP) is 3.90. The first-order chi connectivity index (χ1) is 10.8. The third kappa shape index (κ3) is 2.06. The number of aryl methyl sites for hydroxylation is 3. The van der Waals surface area contributed by atoms with E-state index in [9.17, 15) is 0 Å². The molecule has 2 aliphatic carbocycles. The molecule has 3 aromatic heterocycles. The molecule has 1 fully saturated rings. The van der Waals surface area contributed by atoms with E-state index in [1.54, 1.807) is 0 Å². The van der Waals surface area contributed by atoms with Gasteiger partial charge < -0.3 is 4.42 Å². The van der Waals surface area contributed by atoms with Gasteiger partial charge in [-0.25, -0.2) is 9.97 Å². The van der Waals surface area contributed by atoms with Gasteiger partial charge in [0, 0.05) is 16.2 Å². The minimum atomic E-state index is 0.486. The SMILES string of the molecule is Cc1nc(Sc2nnc(C3CC3)o2)c2c3c(sc2n1)CCC3. The Balaban J connectivity index is 1.59. The van der Waals surface area contributed by atoms with Crippen LogP contribution in [-0.4, -0.2) is 20.2 Å². The van der Waals surface area contributed by atoms with Gasteiger partial charge in [-0.1, -0.05) is 0 Å². The van der Waals surface area contributed by atoms with E-state index in [0.29, 0.717) is 11.1 Å². The van der Waals surface area contributed by atoms with Gasteiger partial charge in [0.1, 0.15) is 15.7 Å². The maximum atomic E-state index is 5.78. The molecule has 5 nitrogen and oxygen atoms in total. The maximum absolute atomic E-state index is 5.78. The van der Waals surface area contributed by atoms with Gasteiger partial charge in [-0.05, 0) is 56.4 Å². The molecule has 0 saturated heterocycles. The number of aromatic nitrogens is 4. The Morgan fingerprint density at radius 2 is 2.09 bits per heavy atom. The van der Waals surface area contributed by atoms with Crippen LogP contribution in [0.25, 0.3) is 10.2 Å². The summed E-state index contributed by atoms with van der Waals surface area (Å²) >= 11 is 3.30. The first-order valence-corrected chi connectivity index (χ1v) is 9.21. The Bertz CT molecular complexity index is 881. The van der Waals surface area contributed by atoms with Crippen molar-refractivity contribution in [1.82, 2.24) is 20.2 Å². The second-order valence-corrected chi connectivity index (χ2v) is 7.92. The number of hydrogen-bond donors (Lipinski definition) is 0. The largest absolute Gasteiger partial charge is 0.415 e. The summed E-state index contributed by atoms with van der Waals surface area (Å²) in [7, 11) is 0. The number of rotatable bonds is 3. The number of thiophene rings is 1. The normalized spacial score (nSPS) is 17.3. The summed E-state index contributed by atoms with van der Waals surface area (Å²) in [5, 5.41) is 11.1. The third-order valence-corrected chi connectivity index (χ3v) is 6.19. The summed E-state index contributed by atoms with van der Waals surface area (Å²) in [5.74, 6) is 2.07. The smallest absolute Gasteiger partial charge is 0.282 e. The lowest BCUT2D eigenvalue weighted by Crippen LogP contribution is -1.92. The maximum Gasteiger partial charge on any atom is 0.282 e. The molecule has 5 rings (SSSR count). The zero-order chi connectivity index (χ0) is 14.7. The fourth-order valence-corrected chi connectivity index (χ4v) is 5.22. The highest BCUT2D eigenvalue weighted by Crippen LogP contribution is 2.43. The van der Waals surface area contributed by atoms with Gasteiger partial charge in [-0.2, -0.15) is 0 Å². The van der Waals surface area contributed by atoms with Crippen molar-refractivity contribution in [1.29, 1.82) is 0 Å². The minimum absolute atomic E-state index is 0.486. The summed E-state index contributed by atoms with van der Waals surface area (Å²) in [6, 6.07) is 0. The zero-order valence-corrected chi connectivity index (χ0v) is 13.8. The molecule has 1 saturated carbocycles. The summed E-state index contributed by atoms with van der Waals surface area (Å²) in [6.45, 7) is 1.94. The Hall–Kier alpha value is -1.47. The number of fused-ring (bicyclic) bond motifs is 3. The van der Waals surface area contributed by atoms with Crippen LogP contribution in [0.4, 0.5) is 0 Å². The predicted molar refractivity (Wildman–Crippen MR) is 84.6 cm³/mol. The molecule has 22 heavy (non-hydrogen) atoms. The fourth-order valence-electron chi connectivity index (χ4n) is 2.98. The minimum Gasteiger partial charge on any atom is -0.415 e. The van der Waals surface area contributed by atoms with E-state index in [1.807, 2.05) is 18.3 Å². The second kappa shape index (κ2) is 4.76. The van der Waals surface area contributed by atoms with Crippen LogP contribution in [0.1, 0.15) is 47.3 Å². The average Bonchev–Trinajstić information content (AvgIpc) is 2.91. The van der Waals surface area contributed by atoms with Crippen molar-refractivity contribution in [2.24, 2.45) is 0 Å². The molecular formula is C15H14N4OS2. The van der Waals surface area contributed by atoms with Crippen molar-refractivity contribution in [3.05, 3.63) is 22.2 Å². The Kier molecular flexibility index (Phi) is 2.82. The highest BCUT2D eigenvalue weighted by molar-refractivity contribution is 7.99. The van der Waals surface area contributed by atoms with Crippen LogP contribution in [0, 0.1) is 6.92 Å². The molecule has 7 heteroatoms. The molecule has 0 atom stereocenters. The van der Waals surface area contributed by atoms with Crippen molar-refractivity contribution in [2.75, 3.05) is 0 Å². The summed E-state index contributed by atoms with van der Waals surface area (Å²) in [4.78, 5) is 11.8. The van der Waals surface area contributed by atoms with Gasteiger partial charge in [0.15, 0.2) is 0 Å². The van der Waals surface area contributed by atoms with Gasteiger partial charge in [0.2, 0.25) is 5.89 Å². The van der Waals surface area contributed by atoms with Crippen molar-refractivity contribution >= 4 is 33.3 Å². The third-order valence-electron chi connectivity index (χ3n) is 4.18. The van der Waals surface area contributed by atoms with Crippen molar-refractivity contribution in [3.8, 4) is 0 Å². The first kappa shape index (κ1) is 13.0. The van der Waals surface area contributed by atoms with Crippen molar-refractivity contribution in [2.45, 2.75) is 55.2 Å². The molecular weight excluding hydrogens is 316 g/mol. The van der Waals surface area contributed by atoms with Crippen molar-refractivity contribution < 1.29 is 4.42 Å². The van der Waals surface area contributed by atoms with Crippen LogP contribution in [0.15, 0.2) is 14.7 Å². The highest BCUT2D eigenvalue weighted by atomic mass is 32.2. The van der Waals surface area contributed by atoms with Gasteiger partial charge in [-0.15, -0.1) is 21.5 Å². The molecule has 0 aliphatic heterocycles. The fraction of sp³-hybridized carbons (Fsp3) is 0.467. The van der Waals surface area contributed by atoms with Crippen LogP contribution in [0.5, 0.6) is 0 Å². The van der Waals surface area contributed by atoms with E-state index < -0.39 is 0 Å². The topological polar surface area (TPSA) is 64.7 Å². The van der Waals surface area contributed by atoms with E-state index in [4.69, 9.17) is 4.42 Å². The first-order valence-electron chi connectivity index (χ1n) is 7.58. The molecule has 0 bridgehead atoms. The zero-order valence-electron chi connectivity index (χ0n) is 12.1. The summed E-state index contributed by atoms with van der Waals surface area (Å²) < 4.78 is 5.78. The van der Waals surface area contributed by atoms with Gasteiger partial charge in [0.25, 0.3) is 5.22 Å². The van der Waals surface area contributed by atoms with E-state index in [2.05, 4.69) is 20.2 Å². The van der Waals surface area contributed by atoms with E-state index in [1.165, 1.54) is 53.3 Å². The molecule has 0 unspecified atom stereocenters. The molecule has 2 aliphatic rings. The van der Waals surface area contributed by atoms with Crippen molar-refractivity contribution in [3.63, 3.8) is 0 Å². The monoisotopic (exact) mass is 330 g/mol. The van der Waals surface area contributed by atoms with Crippen LogP contribution >= 0.6 is 23.1 Å². The van der Waals surface area contributed by atoms with Gasteiger partial charge in [0.05, 0.1) is 0 Å². The lowest BCUT2D eigenvalue weighted by Gasteiger charge is -2.02. The molecule has 0 radical (unpaired) electrons. The van der Waals surface area contributed by atoms with Gasteiger partial charge >= 0.3 is 0 Å². The Labute approximate surface area is 135 Å². The Morgan fingerprint density at radius 1 is 1.18 bits per heavy atom. The molecule has 0 aromatic carbocycles. The molecule has 0 spiro atoms. The quantitative estimate of drug-likeness (QED) is 0.679. The number of nitrogens with zero attached hydrogens (tertiary/aromatic N) is 4. The molecule has 3 aromatic rings. The van der Waals surface area contributed by atoms with Gasteiger partial charge in [-0.3, -0.25) is 0 Å². The molecule has 3 heterocycles. The molecule has 112 valence electrons. The lowest BCUT2D eigenvalue weighted by molar-refractivity contribution is 0.414. The van der Waals surface area contributed by atoms with Crippen LogP contribution in [0.3, 0.4) is 0 Å². The summed E-state index contributed by atoms with van der Waals surface area (Å²) in [5.41, 5.74) is 1.43. The second-order valence-electron chi connectivity index (χ2n) is 5.90. The Morgan fingerprint density at radius 3 is 2.95 bits per heavy atom. The van der Waals surface area contributed by atoms with E-state index in [0.717, 1.165) is 28.0 Å². The highest BCUT2D eigenvalue weighted by Gasteiger charge is 2.30. The average molecular weight is 330 g/mol.